The third kappa shape index (κ3) is 3.47. The maximum Gasteiger partial charge on any atom is 0.323 e. The van der Waals surface area contributed by atoms with Crippen molar-refractivity contribution in [2.45, 2.75) is 51.2 Å². The lowest BCUT2D eigenvalue weighted by atomic mass is 10.0. The van der Waals surface area contributed by atoms with Gasteiger partial charge in [0.1, 0.15) is 6.04 Å². The first-order chi connectivity index (χ1) is 7.04. The van der Waals surface area contributed by atoms with Gasteiger partial charge in [-0.2, -0.15) is 0 Å². The highest BCUT2D eigenvalue weighted by atomic mass is 16.5. The van der Waals surface area contributed by atoms with E-state index in [1.807, 2.05) is 13.8 Å². The zero-order chi connectivity index (χ0) is 11.4. The number of nitrogens with one attached hydrogen (secondary N) is 1. The minimum absolute atomic E-state index is 0.175. The van der Waals surface area contributed by atoms with Gasteiger partial charge in [-0.3, -0.25) is 4.79 Å². The number of rotatable bonds is 4. The number of carbonyl (C=O) groups is 1. The summed E-state index contributed by atoms with van der Waals surface area (Å²) >= 11 is 0. The van der Waals surface area contributed by atoms with Gasteiger partial charge in [-0.25, -0.2) is 0 Å². The highest BCUT2D eigenvalue weighted by molar-refractivity contribution is 5.75. The van der Waals surface area contributed by atoms with E-state index >= 15 is 0 Å². The van der Waals surface area contributed by atoms with Crippen LogP contribution in [-0.4, -0.2) is 31.2 Å². The van der Waals surface area contributed by atoms with Gasteiger partial charge in [0.15, 0.2) is 0 Å². The number of methoxy groups -OCH3 is 1. The number of hydrogen-bond donors (Lipinski definition) is 2. The Kier molecular flexibility index (Phi) is 4.54. The van der Waals surface area contributed by atoms with Crippen molar-refractivity contribution >= 4 is 5.97 Å². The molecule has 3 N–H and O–H groups in total. The fraction of sp³-hybridized carbons (Fsp3) is 0.909. The summed E-state index contributed by atoms with van der Waals surface area (Å²) in [5.74, 6) is 0.0692. The molecule has 88 valence electrons. The minimum Gasteiger partial charge on any atom is -0.468 e. The van der Waals surface area contributed by atoms with Crippen molar-refractivity contribution in [2.75, 3.05) is 7.11 Å². The van der Waals surface area contributed by atoms with Gasteiger partial charge < -0.3 is 15.8 Å². The Bertz CT molecular complexity index is 219. The molecule has 1 rings (SSSR count). The molecule has 0 amide bonds. The Balaban J connectivity index is 2.48. The van der Waals surface area contributed by atoms with Gasteiger partial charge in [0, 0.05) is 12.1 Å². The van der Waals surface area contributed by atoms with Gasteiger partial charge in [-0.1, -0.05) is 13.8 Å². The lowest BCUT2D eigenvalue weighted by Gasteiger charge is -2.23. The molecule has 1 fully saturated rings. The molecular weight excluding hydrogens is 192 g/mol. The summed E-state index contributed by atoms with van der Waals surface area (Å²) in [5.41, 5.74) is 5.83. The number of carbonyl (C=O) groups excluding carboxylic acids is 1. The summed E-state index contributed by atoms with van der Waals surface area (Å²) in [6.45, 7) is 4.03. The molecule has 3 unspecified atom stereocenters. The van der Waals surface area contributed by atoms with Crippen molar-refractivity contribution < 1.29 is 9.53 Å². The zero-order valence-corrected chi connectivity index (χ0v) is 9.82. The molecule has 0 radical (unpaired) electrons. The Morgan fingerprint density at radius 3 is 2.53 bits per heavy atom. The van der Waals surface area contributed by atoms with Gasteiger partial charge in [0.2, 0.25) is 0 Å². The van der Waals surface area contributed by atoms with Crippen molar-refractivity contribution in [2.24, 2.45) is 11.7 Å². The standard InChI is InChI=1S/C11H22N2O2/c1-7(2)10(11(14)15-3)13-9-5-4-8(12)6-9/h7-10,13H,4-6,12H2,1-3H3. The highest BCUT2D eigenvalue weighted by Crippen LogP contribution is 2.19. The van der Waals surface area contributed by atoms with E-state index in [0.717, 1.165) is 19.3 Å². The molecule has 15 heavy (non-hydrogen) atoms. The third-order valence-electron chi connectivity index (χ3n) is 3.01. The van der Waals surface area contributed by atoms with Crippen LogP contribution in [0.15, 0.2) is 0 Å². The normalized spacial score (nSPS) is 28.1. The summed E-state index contributed by atoms with van der Waals surface area (Å²) in [6.07, 6.45) is 3.06. The molecule has 0 saturated heterocycles. The maximum absolute atomic E-state index is 11.5. The molecule has 1 aliphatic carbocycles. The van der Waals surface area contributed by atoms with Crippen LogP contribution in [0.4, 0.5) is 0 Å². The predicted octanol–water partition coefficient (Wildman–Crippen LogP) is 0.653. The predicted molar refractivity (Wildman–Crippen MR) is 59.4 cm³/mol. The minimum atomic E-state index is -0.203. The first-order valence-electron chi connectivity index (χ1n) is 5.64. The molecule has 1 saturated carbocycles. The lowest BCUT2D eigenvalue weighted by molar-refractivity contribution is -0.144. The molecule has 0 aromatic carbocycles. The molecule has 0 aromatic rings. The van der Waals surface area contributed by atoms with Gasteiger partial charge >= 0.3 is 5.97 Å². The summed E-state index contributed by atoms with van der Waals surface area (Å²) in [4.78, 5) is 11.5. The van der Waals surface area contributed by atoms with Crippen LogP contribution in [0.3, 0.4) is 0 Å². The number of ether oxygens (including phenoxy) is 1. The van der Waals surface area contributed by atoms with Crippen LogP contribution in [0.2, 0.25) is 0 Å². The molecule has 0 aliphatic heterocycles. The van der Waals surface area contributed by atoms with E-state index < -0.39 is 0 Å². The molecule has 0 spiro atoms. The lowest BCUT2D eigenvalue weighted by Crippen LogP contribution is -2.46. The van der Waals surface area contributed by atoms with E-state index in [1.54, 1.807) is 0 Å². The van der Waals surface area contributed by atoms with Crippen LogP contribution in [0.25, 0.3) is 0 Å². The fourth-order valence-electron chi connectivity index (χ4n) is 2.08. The van der Waals surface area contributed by atoms with Crippen LogP contribution < -0.4 is 11.1 Å². The molecule has 0 aromatic heterocycles. The zero-order valence-electron chi connectivity index (χ0n) is 9.82. The second kappa shape index (κ2) is 5.47. The van der Waals surface area contributed by atoms with Crippen LogP contribution in [0.1, 0.15) is 33.1 Å². The van der Waals surface area contributed by atoms with E-state index in [2.05, 4.69) is 5.32 Å². The van der Waals surface area contributed by atoms with Crippen molar-refractivity contribution in [3.63, 3.8) is 0 Å². The molecular formula is C11H22N2O2. The Morgan fingerprint density at radius 2 is 2.13 bits per heavy atom. The average molecular weight is 214 g/mol. The van der Waals surface area contributed by atoms with Gasteiger partial charge in [-0.05, 0) is 25.2 Å². The smallest absolute Gasteiger partial charge is 0.323 e. The number of hydrogen-bond acceptors (Lipinski definition) is 4. The Labute approximate surface area is 91.5 Å². The molecule has 1 aliphatic rings. The van der Waals surface area contributed by atoms with E-state index in [0.29, 0.717) is 6.04 Å². The van der Waals surface area contributed by atoms with Crippen LogP contribution in [0.5, 0.6) is 0 Å². The second-order valence-corrected chi connectivity index (χ2v) is 4.68. The average Bonchev–Trinajstić information content (AvgIpc) is 2.59. The summed E-state index contributed by atoms with van der Waals surface area (Å²) < 4.78 is 4.78. The van der Waals surface area contributed by atoms with Gasteiger partial charge in [-0.15, -0.1) is 0 Å². The number of esters is 1. The first kappa shape index (κ1) is 12.5. The number of nitrogens with two attached hydrogens (primary N) is 1. The van der Waals surface area contributed by atoms with Crippen molar-refractivity contribution in [1.82, 2.24) is 5.32 Å². The monoisotopic (exact) mass is 214 g/mol. The topological polar surface area (TPSA) is 64.3 Å². The maximum atomic E-state index is 11.5. The fourth-order valence-corrected chi connectivity index (χ4v) is 2.08. The quantitative estimate of drug-likeness (QED) is 0.675. The van der Waals surface area contributed by atoms with E-state index in [-0.39, 0.29) is 24.0 Å². The third-order valence-corrected chi connectivity index (χ3v) is 3.01. The van der Waals surface area contributed by atoms with Crippen LogP contribution >= 0.6 is 0 Å². The molecule has 0 bridgehead atoms. The SMILES string of the molecule is COC(=O)C(NC1CCC(N)C1)C(C)C. The molecule has 3 atom stereocenters. The first-order valence-corrected chi connectivity index (χ1v) is 5.64. The van der Waals surface area contributed by atoms with Gasteiger partial charge in [0.25, 0.3) is 0 Å². The van der Waals surface area contributed by atoms with E-state index in [9.17, 15) is 4.79 Å². The molecule has 4 nitrogen and oxygen atoms in total. The Hall–Kier alpha value is -0.610. The molecule has 0 heterocycles. The highest BCUT2D eigenvalue weighted by Gasteiger charge is 2.29. The van der Waals surface area contributed by atoms with Crippen molar-refractivity contribution in [1.29, 1.82) is 0 Å². The molecule has 4 heteroatoms. The van der Waals surface area contributed by atoms with Crippen LogP contribution in [0, 0.1) is 5.92 Å². The van der Waals surface area contributed by atoms with Crippen molar-refractivity contribution in [3.05, 3.63) is 0 Å². The summed E-state index contributed by atoms with van der Waals surface area (Å²) in [7, 11) is 1.43. The van der Waals surface area contributed by atoms with Gasteiger partial charge in [0.05, 0.1) is 7.11 Å². The second-order valence-electron chi connectivity index (χ2n) is 4.68. The van der Waals surface area contributed by atoms with Crippen LogP contribution in [-0.2, 0) is 9.53 Å². The van der Waals surface area contributed by atoms with Crippen molar-refractivity contribution in [3.8, 4) is 0 Å². The van der Waals surface area contributed by atoms with E-state index in [1.165, 1.54) is 7.11 Å². The summed E-state index contributed by atoms with van der Waals surface area (Å²) in [6, 6.07) is 0.449. The Morgan fingerprint density at radius 1 is 1.47 bits per heavy atom. The largest absolute Gasteiger partial charge is 0.468 e. The summed E-state index contributed by atoms with van der Waals surface area (Å²) in [5, 5.41) is 3.34. The van der Waals surface area contributed by atoms with E-state index in [4.69, 9.17) is 10.5 Å².